The van der Waals surface area contributed by atoms with E-state index in [-0.39, 0.29) is 5.12 Å². The highest BCUT2D eigenvalue weighted by atomic mass is 32.2. The van der Waals surface area contributed by atoms with Crippen molar-refractivity contribution in [2.45, 2.75) is 13.3 Å². The summed E-state index contributed by atoms with van der Waals surface area (Å²) in [6.45, 7) is 1.59. The number of hydrogen-bond donors (Lipinski definition) is 1. The SMILES string of the molecule is CC(=O)SCCC=Cc1cnc[nH]1. The number of nitrogens with one attached hydrogen (secondary N) is 1. The summed E-state index contributed by atoms with van der Waals surface area (Å²) >= 11 is 1.35. The summed E-state index contributed by atoms with van der Waals surface area (Å²) in [5.41, 5.74) is 0.993. The Hall–Kier alpha value is -1.03. The molecule has 0 saturated carbocycles. The van der Waals surface area contributed by atoms with Crippen LogP contribution in [0.2, 0.25) is 0 Å². The minimum absolute atomic E-state index is 0.176. The molecule has 0 spiro atoms. The van der Waals surface area contributed by atoms with E-state index in [4.69, 9.17) is 0 Å². The van der Waals surface area contributed by atoms with Crippen LogP contribution in [0.4, 0.5) is 0 Å². The Kier molecular flexibility index (Phi) is 4.32. The lowest BCUT2D eigenvalue weighted by atomic mass is 10.3. The van der Waals surface area contributed by atoms with Crippen LogP contribution < -0.4 is 0 Å². The van der Waals surface area contributed by atoms with Crippen LogP contribution in [0.1, 0.15) is 19.0 Å². The third-order valence-electron chi connectivity index (χ3n) is 1.41. The lowest BCUT2D eigenvalue weighted by Gasteiger charge is -1.90. The molecule has 70 valence electrons. The summed E-state index contributed by atoms with van der Waals surface area (Å²) in [6, 6.07) is 0. The van der Waals surface area contributed by atoms with Gasteiger partial charge in [-0.3, -0.25) is 4.79 Å². The molecule has 3 nitrogen and oxygen atoms in total. The van der Waals surface area contributed by atoms with E-state index in [1.807, 2.05) is 12.2 Å². The maximum atomic E-state index is 10.6. The summed E-state index contributed by atoms with van der Waals surface area (Å²) in [4.78, 5) is 17.4. The normalized spacial score (nSPS) is 10.8. The van der Waals surface area contributed by atoms with Gasteiger partial charge < -0.3 is 4.98 Å². The van der Waals surface area contributed by atoms with Crippen molar-refractivity contribution in [1.82, 2.24) is 9.97 Å². The second kappa shape index (κ2) is 5.59. The van der Waals surface area contributed by atoms with Gasteiger partial charge in [-0.25, -0.2) is 4.98 Å². The van der Waals surface area contributed by atoms with E-state index in [1.165, 1.54) is 11.8 Å². The van der Waals surface area contributed by atoms with Crippen LogP contribution in [0.15, 0.2) is 18.6 Å². The molecule has 0 amide bonds. The van der Waals surface area contributed by atoms with Gasteiger partial charge in [0.05, 0.1) is 18.2 Å². The number of aromatic nitrogens is 2. The quantitative estimate of drug-likeness (QED) is 0.750. The molecule has 0 unspecified atom stereocenters. The smallest absolute Gasteiger partial charge is 0.185 e. The van der Waals surface area contributed by atoms with Crippen molar-refractivity contribution in [3.8, 4) is 0 Å². The average molecular weight is 196 g/mol. The van der Waals surface area contributed by atoms with Gasteiger partial charge in [0.25, 0.3) is 0 Å². The number of carbonyl (C=O) groups excluding carboxylic acids is 1. The fourth-order valence-electron chi connectivity index (χ4n) is 0.839. The van der Waals surface area contributed by atoms with Gasteiger partial charge in [-0.1, -0.05) is 17.8 Å². The van der Waals surface area contributed by atoms with Crippen molar-refractivity contribution < 1.29 is 4.79 Å². The number of hydrogen-bond acceptors (Lipinski definition) is 3. The summed E-state index contributed by atoms with van der Waals surface area (Å²) in [5, 5.41) is 0.176. The van der Waals surface area contributed by atoms with E-state index in [0.29, 0.717) is 0 Å². The van der Waals surface area contributed by atoms with Crippen LogP contribution >= 0.6 is 11.8 Å². The van der Waals surface area contributed by atoms with Crippen LogP contribution in [-0.2, 0) is 4.79 Å². The monoisotopic (exact) mass is 196 g/mol. The molecular formula is C9H12N2OS. The second-order valence-corrected chi connectivity index (χ2v) is 3.81. The molecule has 0 aliphatic rings. The van der Waals surface area contributed by atoms with Crippen molar-refractivity contribution in [3.05, 3.63) is 24.3 Å². The summed E-state index contributed by atoms with van der Waals surface area (Å²) in [6.07, 6.45) is 8.30. The van der Waals surface area contributed by atoms with Gasteiger partial charge in [0.2, 0.25) is 0 Å². The first-order valence-corrected chi connectivity index (χ1v) is 5.06. The first-order chi connectivity index (χ1) is 6.29. The minimum Gasteiger partial charge on any atom is -0.345 e. The molecule has 0 saturated heterocycles. The van der Waals surface area contributed by atoms with E-state index in [2.05, 4.69) is 9.97 Å². The molecule has 0 aliphatic carbocycles. The number of imidazole rings is 1. The van der Waals surface area contributed by atoms with Crippen LogP contribution in [0, 0.1) is 0 Å². The van der Waals surface area contributed by atoms with Crippen LogP contribution in [0.3, 0.4) is 0 Å². The van der Waals surface area contributed by atoms with Gasteiger partial charge in [0.1, 0.15) is 0 Å². The minimum atomic E-state index is 0.176. The van der Waals surface area contributed by atoms with Crippen LogP contribution in [0.25, 0.3) is 6.08 Å². The van der Waals surface area contributed by atoms with Gasteiger partial charge in [-0.05, 0) is 12.5 Å². The maximum absolute atomic E-state index is 10.6. The molecule has 13 heavy (non-hydrogen) atoms. The summed E-state index contributed by atoms with van der Waals surface area (Å²) < 4.78 is 0. The number of carbonyl (C=O) groups is 1. The third kappa shape index (κ3) is 4.52. The molecule has 1 heterocycles. The topological polar surface area (TPSA) is 45.8 Å². The van der Waals surface area contributed by atoms with E-state index in [0.717, 1.165) is 17.9 Å². The molecule has 1 rings (SSSR count). The number of nitrogens with zero attached hydrogens (tertiary/aromatic N) is 1. The molecule has 4 heteroatoms. The van der Waals surface area contributed by atoms with Crippen molar-refractivity contribution in [1.29, 1.82) is 0 Å². The van der Waals surface area contributed by atoms with Gasteiger partial charge in [0, 0.05) is 12.7 Å². The molecular weight excluding hydrogens is 184 g/mol. The van der Waals surface area contributed by atoms with E-state index in [9.17, 15) is 4.79 Å². The molecule has 1 aromatic rings. The predicted octanol–water partition coefficient (Wildman–Crippen LogP) is 2.09. The van der Waals surface area contributed by atoms with E-state index in [1.54, 1.807) is 19.4 Å². The zero-order chi connectivity index (χ0) is 9.52. The Morgan fingerprint density at radius 1 is 1.77 bits per heavy atom. The highest BCUT2D eigenvalue weighted by molar-refractivity contribution is 8.13. The first kappa shape index (κ1) is 10.1. The summed E-state index contributed by atoms with van der Waals surface area (Å²) in [5.74, 6) is 0.847. The highest BCUT2D eigenvalue weighted by Crippen LogP contribution is 2.04. The lowest BCUT2D eigenvalue weighted by Crippen LogP contribution is -1.83. The predicted molar refractivity (Wildman–Crippen MR) is 55.4 cm³/mol. The number of aromatic amines is 1. The van der Waals surface area contributed by atoms with Gasteiger partial charge in [-0.15, -0.1) is 0 Å². The summed E-state index contributed by atoms with van der Waals surface area (Å²) in [7, 11) is 0. The first-order valence-electron chi connectivity index (χ1n) is 4.07. The van der Waals surface area contributed by atoms with Crippen LogP contribution in [-0.4, -0.2) is 20.8 Å². The Labute approximate surface area is 81.6 Å². The Balaban J connectivity index is 2.16. The number of allylic oxidation sites excluding steroid dienone is 1. The highest BCUT2D eigenvalue weighted by Gasteiger charge is 1.91. The molecule has 0 atom stereocenters. The number of rotatable bonds is 4. The molecule has 1 N–H and O–H groups in total. The van der Waals surface area contributed by atoms with Crippen molar-refractivity contribution in [2.24, 2.45) is 0 Å². The fourth-order valence-corrected chi connectivity index (χ4v) is 1.38. The average Bonchev–Trinajstić information content (AvgIpc) is 2.55. The van der Waals surface area contributed by atoms with Gasteiger partial charge >= 0.3 is 0 Å². The zero-order valence-corrected chi connectivity index (χ0v) is 8.30. The molecule has 0 aliphatic heterocycles. The molecule has 0 radical (unpaired) electrons. The van der Waals surface area contributed by atoms with E-state index >= 15 is 0 Å². The maximum Gasteiger partial charge on any atom is 0.185 e. The Morgan fingerprint density at radius 3 is 3.23 bits per heavy atom. The third-order valence-corrected chi connectivity index (χ3v) is 2.25. The second-order valence-electron chi connectivity index (χ2n) is 2.54. The standard InChI is InChI=1S/C9H12N2OS/c1-8(12)13-5-3-2-4-9-6-10-7-11-9/h2,4,6-7H,3,5H2,1H3,(H,10,11). The fraction of sp³-hybridized carbons (Fsp3) is 0.333. The Morgan fingerprint density at radius 2 is 2.62 bits per heavy atom. The zero-order valence-electron chi connectivity index (χ0n) is 7.49. The molecule has 0 aromatic carbocycles. The molecule has 0 bridgehead atoms. The number of thioether (sulfide) groups is 1. The van der Waals surface area contributed by atoms with Crippen molar-refractivity contribution >= 4 is 23.0 Å². The van der Waals surface area contributed by atoms with E-state index < -0.39 is 0 Å². The van der Waals surface area contributed by atoms with Crippen molar-refractivity contribution in [2.75, 3.05) is 5.75 Å². The van der Waals surface area contributed by atoms with Gasteiger partial charge in [0.15, 0.2) is 5.12 Å². The molecule has 0 fully saturated rings. The van der Waals surface area contributed by atoms with Crippen molar-refractivity contribution in [3.63, 3.8) is 0 Å². The lowest BCUT2D eigenvalue weighted by molar-refractivity contribution is -0.109. The van der Waals surface area contributed by atoms with Gasteiger partial charge in [-0.2, -0.15) is 0 Å². The van der Waals surface area contributed by atoms with Crippen LogP contribution in [0.5, 0.6) is 0 Å². The largest absolute Gasteiger partial charge is 0.345 e. The molecule has 1 aromatic heterocycles. The Bertz CT molecular complexity index is 280. The number of H-pyrrole nitrogens is 1.